The Bertz CT molecular complexity index is 847. The van der Waals surface area contributed by atoms with Gasteiger partial charge in [0.25, 0.3) is 0 Å². The summed E-state index contributed by atoms with van der Waals surface area (Å²) in [6.45, 7) is 5.55. The van der Waals surface area contributed by atoms with Crippen molar-refractivity contribution in [1.29, 1.82) is 0 Å². The zero-order chi connectivity index (χ0) is 22.6. The predicted molar refractivity (Wildman–Crippen MR) is 140 cm³/mol. The van der Waals surface area contributed by atoms with E-state index in [1.165, 1.54) is 91.8 Å². The molecule has 0 atom stereocenters. The van der Waals surface area contributed by atoms with Crippen LogP contribution in [0, 0.1) is 0 Å². The quantitative estimate of drug-likeness (QED) is 0.198. The van der Waals surface area contributed by atoms with Crippen molar-refractivity contribution in [3.8, 4) is 0 Å². The summed E-state index contributed by atoms with van der Waals surface area (Å²) in [4.78, 5) is 17.8. The fourth-order valence-electron chi connectivity index (χ4n) is 4.51. The second-order valence-electron chi connectivity index (χ2n) is 9.11. The van der Waals surface area contributed by atoms with E-state index in [1.807, 2.05) is 11.8 Å². The number of anilines is 2. The Morgan fingerprint density at radius 1 is 0.719 bits per heavy atom. The van der Waals surface area contributed by atoms with E-state index in [-0.39, 0.29) is 0 Å². The topological polar surface area (TPSA) is 20.3 Å². The van der Waals surface area contributed by atoms with Crippen LogP contribution in [0.1, 0.15) is 108 Å². The molecule has 174 valence electrons. The van der Waals surface area contributed by atoms with Crippen molar-refractivity contribution in [3.05, 3.63) is 48.0 Å². The Morgan fingerprint density at radius 2 is 1.34 bits per heavy atom. The Kier molecular flexibility index (Phi) is 10.7. The van der Waals surface area contributed by atoms with Gasteiger partial charge in [0.1, 0.15) is 0 Å². The number of unbranched alkanes of at least 4 members (excludes halogenated alkanes) is 10. The number of fused-ring (bicyclic) bond motifs is 2. The highest BCUT2D eigenvalue weighted by atomic mass is 32.2. The molecule has 0 aromatic heterocycles. The molecular formula is C29H41NOS. The SMILES string of the molecule is CCCCCCCCC(=O)c1ccc2c(c1)Sc1ccccc1N2CCCCCCCC. The minimum absolute atomic E-state index is 0.297. The van der Waals surface area contributed by atoms with Gasteiger partial charge in [0, 0.05) is 28.3 Å². The Morgan fingerprint density at radius 3 is 2.09 bits per heavy atom. The molecule has 0 spiro atoms. The summed E-state index contributed by atoms with van der Waals surface area (Å²) in [6.07, 6.45) is 15.8. The smallest absolute Gasteiger partial charge is 0.162 e. The highest BCUT2D eigenvalue weighted by Gasteiger charge is 2.23. The highest BCUT2D eigenvalue weighted by molar-refractivity contribution is 7.99. The lowest BCUT2D eigenvalue weighted by Gasteiger charge is -2.33. The molecule has 2 aromatic carbocycles. The standard InChI is InChI=1S/C29H41NOS/c1-3-5-7-9-11-13-18-27(31)24-20-21-26-29(23-24)32-28-19-15-14-17-25(28)30(26)22-16-12-10-8-6-4-2/h14-15,17,19-21,23H,3-13,16,18,22H2,1-2H3. The minimum Gasteiger partial charge on any atom is -0.340 e. The van der Waals surface area contributed by atoms with Crippen LogP contribution < -0.4 is 4.90 Å². The summed E-state index contributed by atoms with van der Waals surface area (Å²) in [5.41, 5.74) is 3.45. The number of para-hydroxylation sites is 1. The largest absolute Gasteiger partial charge is 0.340 e. The highest BCUT2D eigenvalue weighted by Crippen LogP contribution is 2.48. The molecule has 1 aliphatic heterocycles. The summed E-state index contributed by atoms with van der Waals surface area (Å²) in [6, 6.07) is 15.1. The van der Waals surface area contributed by atoms with E-state index in [0.717, 1.165) is 18.5 Å². The predicted octanol–water partition coefficient (Wildman–Crippen LogP) is 9.58. The molecule has 2 aromatic rings. The lowest BCUT2D eigenvalue weighted by atomic mass is 10.0. The average Bonchev–Trinajstić information content (AvgIpc) is 2.82. The fraction of sp³-hybridized carbons (Fsp3) is 0.552. The van der Waals surface area contributed by atoms with E-state index < -0.39 is 0 Å². The maximum atomic E-state index is 12.8. The molecule has 0 unspecified atom stereocenters. The summed E-state index contributed by atoms with van der Waals surface area (Å²) >= 11 is 1.81. The second-order valence-corrected chi connectivity index (χ2v) is 10.2. The molecule has 3 heteroatoms. The van der Waals surface area contributed by atoms with Gasteiger partial charge >= 0.3 is 0 Å². The first-order valence-electron chi connectivity index (χ1n) is 13.0. The average molecular weight is 452 g/mol. The molecule has 0 saturated carbocycles. The first-order chi connectivity index (χ1) is 15.7. The zero-order valence-electron chi connectivity index (χ0n) is 20.2. The monoisotopic (exact) mass is 451 g/mol. The fourth-order valence-corrected chi connectivity index (χ4v) is 5.64. The van der Waals surface area contributed by atoms with Crippen molar-refractivity contribution >= 4 is 28.9 Å². The van der Waals surface area contributed by atoms with E-state index in [1.54, 1.807) is 0 Å². The number of ketones is 1. The van der Waals surface area contributed by atoms with E-state index in [9.17, 15) is 4.79 Å². The first kappa shape index (κ1) is 24.9. The van der Waals surface area contributed by atoms with Crippen LogP contribution in [-0.2, 0) is 0 Å². The third kappa shape index (κ3) is 7.13. The number of hydrogen-bond donors (Lipinski definition) is 0. The second kappa shape index (κ2) is 13.7. The van der Waals surface area contributed by atoms with Gasteiger partial charge in [-0.25, -0.2) is 0 Å². The van der Waals surface area contributed by atoms with Crippen LogP contribution in [0.3, 0.4) is 0 Å². The van der Waals surface area contributed by atoms with E-state index in [2.05, 4.69) is 61.2 Å². The molecule has 0 fully saturated rings. The molecule has 0 radical (unpaired) electrons. The van der Waals surface area contributed by atoms with Crippen LogP contribution in [0.4, 0.5) is 11.4 Å². The van der Waals surface area contributed by atoms with Crippen molar-refractivity contribution in [3.63, 3.8) is 0 Å². The summed E-state index contributed by atoms with van der Waals surface area (Å²) in [5, 5.41) is 0. The van der Waals surface area contributed by atoms with Crippen LogP contribution in [-0.4, -0.2) is 12.3 Å². The van der Waals surface area contributed by atoms with Crippen LogP contribution >= 0.6 is 11.8 Å². The molecule has 0 aliphatic carbocycles. The van der Waals surface area contributed by atoms with Gasteiger partial charge in [-0.2, -0.15) is 0 Å². The third-order valence-electron chi connectivity index (χ3n) is 6.44. The van der Waals surface area contributed by atoms with Crippen LogP contribution in [0.15, 0.2) is 52.3 Å². The van der Waals surface area contributed by atoms with Gasteiger partial charge in [-0.3, -0.25) is 4.79 Å². The van der Waals surface area contributed by atoms with Crippen molar-refractivity contribution in [2.45, 2.75) is 107 Å². The number of carbonyl (C=O) groups is 1. The van der Waals surface area contributed by atoms with Gasteiger partial charge in [0.05, 0.1) is 11.4 Å². The van der Waals surface area contributed by atoms with Gasteiger partial charge < -0.3 is 4.90 Å². The van der Waals surface area contributed by atoms with Crippen LogP contribution in [0.5, 0.6) is 0 Å². The van der Waals surface area contributed by atoms with Crippen molar-refractivity contribution in [2.75, 3.05) is 11.4 Å². The normalized spacial score (nSPS) is 12.5. The van der Waals surface area contributed by atoms with Gasteiger partial charge in [0.15, 0.2) is 5.78 Å². The molecule has 0 amide bonds. The molecule has 0 N–H and O–H groups in total. The number of hydrogen-bond acceptors (Lipinski definition) is 3. The van der Waals surface area contributed by atoms with Gasteiger partial charge in [-0.05, 0) is 43.2 Å². The van der Waals surface area contributed by atoms with Crippen LogP contribution in [0.25, 0.3) is 0 Å². The Labute approximate surface area is 200 Å². The molecule has 0 saturated heterocycles. The van der Waals surface area contributed by atoms with Crippen LogP contribution in [0.2, 0.25) is 0 Å². The number of benzene rings is 2. The van der Waals surface area contributed by atoms with E-state index in [4.69, 9.17) is 0 Å². The maximum absolute atomic E-state index is 12.8. The van der Waals surface area contributed by atoms with Crippen molar-refractivity contribution in [2.24, 2.45) is 0 Å². The summed E-state index contributed by atoms with van der Waals surface area (Å²) < 4.78 is 0. The summed E-state index contributed by atoms with van der Waals surface area (Å²) in [5.74, 6) is 0.297. The number of Topliss-reactive ketones (excluding diaryl/α,β-unsaturated/α-hetero) is 1. The number of rotatable bonds is 15. The lowest BCUT2D eigenvalue weighted by molar-refractivity contribution is 0.0979. The third-order valence-corrected chi connectivity index (χ3v) is 7.55. The number of carbonyl (C=O) groups excluding carboxylic acids is 1. The van der Waals surface area contributed by atoms with Crippen molar-refractivity contribution < 1.29 is 4.79 Å². The van der Waals surface area contributed by atoms with Crippen molar-refractivity contribution in [1.82, 2.24) is 0 Å². The Hall–Kier alpha value is -1.74. The summed E-state index contributed by atoms with van der Waals surface area (Å²) in [7, 11) is 0. The lowest BCUT2D eigenvalue weighted by Crippen LogP contribution is -2.22. The van der Waals surface area contributed by atoms with E-state index in [0.29, 0.717) is 12.2 Å². The molecule has 3 rings (SSSR count). The van der Waals surface area contributed by atoms with E-state index >= 15 is 0 Å². The Balaban J connectivity index is 1.63. The van der Waals surface area contributed by atoms with Gasteiger partial charge in [-0.15, -0.1) is 0 Å². The van der Waals surface area contributed by atoms with Gasteiger partial charge in [-0.1, -0.05) is 102 Å². The molecule has 1 aliphatic rings. The molecular weight excluding hydrogens is 410 g/mol. The molecule has 2 nitrogen and oxygen atoms in total. The molecule has 1 heterocycles. The zero-order valence-corrected chi connectivity index (χ0v) is 21.0. The number of nitrogens with zero attached hydrogens (tertiary/aromatic N) is 1. The van der Waals surface area contributed by atoms with Gasteiger partial charge in [0.2, 0.25) is 0 Å². The first-order valence-corrected chi connectivity index (χ1v) is 13.8. The molecule has 0 bridgehead atoms. The minimum atomic E-state index is 0.297. The molecule has 32 heavy (non-hydrogen) atoms. The maximum Gasteiger partial charge on any atom is 0.162 e.